The lowest BCUT2D eigenvalue weighted by Gasteiger charge is -2.30. The number of nitrogens with one attached hydrogen (secondary N) is 1. The maximum Gasteiger partial charge on any atom is 0.242 e. The fourth-order valence-corrected chi connectivity index (χ4v) is 1.31. The smallest absolute Gasteiger partial charge is 0.242 e. The van der Waals surface area contributed by atoms with Crippen LogP contribution < -0.4 is 11.1 Å². The monoisotopic (exact) mass is 236 g/mol. The normalized spacial score (nSPS) is 15.1. The summed E-state index contributed by atoms with van der Waals surface area (Å²) in [6.45, 7) is 5.15. The van der Waals surface area contributed by atoms with Crippen molar-refractivity contribution in [1.29, 1.82) is 0 Å². The van der Waals surface area contributed by atoms with E-state index >= 15 is 0 Å². The first-order chi connectivity index (χ1) is 7.84. The summed E-state index contributed by atoms with van der Waals surface area (Å²) in [6.07, 6.45) is -0.644. The van der Waals surface area contributed by atoms with Gasteiger partial charge in [-0.3, -0.25) is 4.79 Å². The van der Waals surface area contributed by atoms with E-state index in [-0.39, 0.29) is 5.91 Å². The molecule has 0 saturated carbocycles. The van der Waals surface area contributed by atoms with Crippen LogP contribution in [0.1, 0.15) is 32.4 Å². The van der Waals surface area contributed by atoms with Gasteiger partial charge in [0.1, 0.15) is 6.04 Å². The summed E-state index contributed by atoms with van der Waals surface area (Å²) in [6, 6.07) is 8.44. The van der Waals surface area contributed by atoms with E-state index in [9.17, 15) is 9.90 Å². The Morgan fingerprint density at radius 2 is 1.88 bits per heavy atom. The fraction of sp³-hybridized carbons (Fsp3) is 0.462. The van der Waals surface area contributed by atoms with Crippen LogP contribution in [0.5, 0.6) is 0 Å². The van der Waals surface area contributed by atoms with Gasteiger partial charge < -0.3 is 16.2 Å². The van der Waals surface area contributed by atoms with Crippen molar-refractivity contribution in [2.24, 2.45) is 5.73 Å². The highest BCUT2D eigenvalue weighted by molar-refractivity contribution is 5.83. The molecule has 0 aromatic heterocycles. The predicted octanol–water partition coefficient (Wildman–Crippen LogP) is 0.962. The van der Waals surface area contributed by atoms with Gasteiger partial charge in [-0.25, -0.2) is 0 Å². The van der Waals surface area contributed by atoms with E-state index in [4.69, 9.17) is 5.73 Å². The van der Waals surface area contributed by atoms with Crippen LogP contribution in [0.25, 0.3) is 0 Å². The van der Waals surface area contributed by atoms with Gasteiger partial charge >= 0.3 is 0 Å². The SMILES string of the molecule is CC(O)C(C)(C)NC(=O)[C@H](N)c1ccccc1. The fourth-order valence-electron chi connectivity index (χ4n) is 1.31. The van der Waals surface area contributed by atoms with Gasteiger partial charge in [0, 0.05) is 0 Å². The average molecular weight is 236 g/mol. The molecule has 0 spiro atoms. The molecule has 4 heteroatoms. The molecule has 0 heterocycles. The lowest BCUT2D eigenvalue weighted by molar-refractivity contribution is -0.125. The van der Waals surface area contributed by atoms with E-state index in [0.717, 1.165) is 5.56 Å². The van der Waals surface area contributed by atoms with Crippen molar-refractivity contribution in [3.8, 4) is 0 Å². The highest BCUT2D eigenvalue weighted by Gasteiger charge is 2.28. The molecule has 1 rings (SSSR count). The minimum atomic E-state index is -0.714. The number of rotatable bonds is 4. The average Bonchev–Trinajstić information content (AvgIpc) is 2.28. The summed E-state index contributed by atoms with van der Waals surface area (Å²) >= 11 is 0. The molecule has 2 atom stereocenters. The molecule has 1 amide bonds. The van der Waals surface area contributed by atoms with Crippen molar-refractivity contribution in [3.63, 3.8) is 0 Å². The molecule has 1 aromatic carbocycles. The summed E-state index contributed by atoms with van der Waals surface area (Å²) in [4.78, 5) is 11.9. The van der Waals surface area contributed by atoms with Gasteiger partial charge in [-0.05, 0) is 26.3 Å². The number of amides is 1. The number of hydrogen-bond donors (Lipinski definition) is 3. The maximum atomic E-state index is 11.9. The second-order valence-electron chi connectivity index (χ2n) is 4.78. The molecule has 4 N–H and O–H groups in total. The Hall–Kier alpha value is -1.39. The first-order valence-electron chi connectivity index (χ1n) is 5.65. The number of carbonyl (C=O) groups is 1. The standard InChI is InChI=1S/C13H20N2O2/c1-9(16)13(2,3)15-12(17)11(14)10-7-5-4-6-8-10/h4-9,11,16H,14H2,1-3H3,(H,15,17)/t9?,11-/m1/s1. The van der Waals surface area contributed by atoms with Crippen LogP contribution in [-0.2, 0) is 4.79 Å². The van der Waals surface area contributed by atoms with Crippen molar-refractivity contribution in [1.82, 2.24) is 5.32 Å². The number of aliphatic hydroxyl groups is 1. The molecule has 0 aliphatic rings. The van der Waals surface area contributed by atoms with Crippen molar-refractivity contribution in [2.75, 3.05) is 0 Å². The first-order valence-corrected chi connectivity index (χ1v) is 5.65. The summed E-state index contributed by atoms with van der Waals surface area (Å²) in [5.41, 5.74) is 5.92. The molecule has 4 nitrogen and oxygen atoms in total. The van der Waals surface area contributed by atoms with E-state index in [1.165, 1.54) is 0 Å². The van der Waals surface area contributed by atoms with Gasteiger partial charge in [0.25, 0.3) is 0 Å². The number of nitrogens with two attached hydrogens (primary N) is 1. The molecule has 94 valence electrons. The highest BCUT2D eigenvalue weighted by atomic mass is 16.3. The molecular formula is C13H20N2O2. The molecule has 0 aliphatic heterocycles. The van der Waals surface area contributed by atoms with E-state index in [2.05, 4.69) is 5.32 Å². The Labute approximate surface area is 102 Å². The molecule has 1 unspecified atom stereocenters. The minimum Gasteiger partial charge on any atom is -0.391 e. The van der Waals surface area contributed by atoms with Crippen LogP contribution in [0.4, 0.5) is 0 Å². The number of hydrogen-bond acceptors (Lipinski definition) is 3. The second-order valence-corrected chi connectivity index (χ2v) is 4.78. The first kappa shape index (κ1) is 13.7. The highest BCUT2D eigenvalue weighted by Crippen LogP contribution is 2.13. The lowest BCUT2D eigenvalue weighted by Crippen LogP contribution is -2.53. The second kappa shape index (κ2) is 5.29. The van der Waals surface area contributed by atoms with Crippen LogP contribution in [0, 0.1) is 0 Å². The third-order valence-electron chi connectivity index (χ3n) is 2.93. The third-order valence-corrected chi connectivity index (χ3v) is 2.93. The molecule has 0 fully saturated rings. The molecule has 17 heavy (non-hydrogen) atoms. The summed E-state index contributed by atoms with van der Waals surface area (Å²) in [5.74, 6) is -0.290. The van der Waals surface area contributed by atoms with Gasteiger partial charge in [-0.1, -0.05) is 30.3 Å². The Kier molecular flexibility index (Phi) is 4.26. The lowest BCUT2D eigenvalue weighted by atomic mass is 9.97. The molecule has 1 aromatic rings. The molecule has 0 saturated heterocycles. The number of carbonyl (C=O) groups excluding carboxylic acids is 1. The van der Waals surface area contributed by atoms with E-state index < -0.39 is 17.7 Å². The summed E-state index contributed by atoms with van der Waals surface area (Å²) < 4.78 is 0. The number of benzene rings is 1. The zero-order valence-electron chi connectivity index (χ0n) is 10.5. The van der Waals surface area contributed by atoms with Crippen molar-refractivity contribution in [2.45, 2.75) is 38.5 Å². The molecule has 0 aliphatic carbocycles. The van der Waals surface area contributed by atoms with E-state index in [0.29, 0.717) is 0 Å². The predicted molar refractivity (Wildman–Crippen MR) is 67.3 cm³/mol. The molecule has 0 radical (unpaired) electrons. The quantitative estimate of drug-likeness (QED) is 0.729. The van der Waals surface area contributed by atoms with Gasteiger partial charge in [0.05, 0.1) is 11.6 Å². The Morgan fingerprint density at radius 1 is 1.35 bits per heavy atom. The van der Waals surface area contributed by atoms with E-state index in [1.54, 1.807) is 32.9 Å². The Balaban J connectivity index is 2.72. The topological polar surface area (TPSA) is 75.3 Å². The minimum absolute atomic E-state index is 0.290. The van der Waals surface area contributed by atoms with Gasteiger partial charge in [0.2, 0.25) is 5.91 Å². The number of aliphatic hydroxyl groups excluding tert-OH is 1. The van der Waals surface area contributed by atoms with Gasteiger partial charge in [0.15, 0.2) is 0 Å². The van der Waals surface area contributed by atoms with Crippen LogP contribution in [0.3, 0.4) is 0 Å². The van der Waals surface area contributed by atoms with Crippen LogP contribution >= 0.6 is 0 Å². The van der Waals surface area contributed by atoms with Gasteiger partial charge in [-0.2, -0.15) is 0 Å². The largest absolute Gasteiger partial charge is 0.391 e. The van der Waals surface area contributed by atoms with Crippen LogP contribution in [0.2, 0.25) is 0 Å². The Bertz CT molecular complexity index is 374. The van der Waals surface area contributed by atoms with E-state index in [1.807, 2.05) is 18.2 Å². The van der Waals surface area contributed by atoms with Crippen LogP contribution in [0.15, 0.2) is 30.3 Å². The third kappa shape index (κ3) is 3.54. The maximum absolute atomic E-state index is 11.9. The summed E-state index contributed by atoms with van der Waals surface area (Å²) in [5, 5.41) is 12.3. The van der Waals surface area contributed by atoms with Crippen LogP contribution in [-0.4, -0.2) is 22.7 Å². The Morgan fingerprint density at radius 3 is 2.35 bits per heavy atom. The summed E-state index contributed by atoms with van der Waals surface area (Å²) in [7, 11) is 0. The van der Waals surface area contributed by atoms with Crippen molar-refractivity contribution < 1.29 is 9.90 Å². The zero-order valence-corrected chi connectivity index (χ0v) is 10.5. The van der Waals surface area contributed by atoms with Crippen molar-refractivity contribution >= 4 is 5.91 Å². The van der Waals surface area contributed by atoms with Crippen molar-refractivity contribution in [3.05, 3.63) is 35.9 Å². The zero-order chi connectivity index (χ0) is 13.1. The van der Waals surface area contributed by atoms with Gasteiger partial charge in [-0.15, -0.1) is 0 Å². The molecular weight excluding hydrogens is 216 g/mol. The molecule has 0 bridgehead atoms.